The van der Waals surface area contributed by atoms with Crippen molar-refractivity contribution in [3.05, 3.63) is 47.7 Å². The zero-order chi connectivity index (χ0) is 22.5. The quantitative estimate of drug-likeness (QED) is 0.373. The Labute approximate surface area is 179 Å². The molecule has 3 rings (SSSR count). The molecule has 0 unspecified atom stereocenters. The van der Waals surface area contributed by atoms with E-state index in [4.69, 9.17) is 28.1 Å². The summed E-state index contributed by atoms with van der Waals surface area (Å²) in [7, 11) is 4.45. The molecule has 0 saturated carbocycles. The van der Waals surface area contributed by atoms with Crippen molar-refractivity contribution < 1.29 is 37.7 Å². The summed E-state index contributed by atoms with van der Waals surface area (Å²) in [6, 6.07) is 8.12. The van der Waals surface area contributed by atoms with Gasteiger partial charge in [0.15, 0.2) is 23.9 Å². The third-order valence-electron chi connectivity index (χ3n) is 4.44. The first kappa shape index (κ1) is 22.0. The topological polar surface area (TPSA) is 93.4 Å². The molecular weight excluding hydrogens is 404 g/mol. The van der Waals surface area contributed by atoms with Crippen molar-refractivity contribution in [1.82, 2.24) is 0 Å². The van der Waals surface area contributed by atoms with Crippen LogP contribution in [0.25, 0.3) is 11.0 Å². The van der Waals surface area contributed by atoms with E-state index in [0.29, 0.717) is 45.1 Å². The van der Waals surface area contributed by atoms with Gasteiger partial charge in [0.05, 0.1) is 33.0 Å². The van der Waals surface area contributed by atoms with Crippen molar-refractivity contribution in [2.45, 2.75) is 20.0 Å². The van der Waals surface area contributed by atoms with Crippen LogP contribution in [-0.4, -0.2) is 45.8 Å². The standard InChI is InChI=1S/C23H24O8/c1-13(2)31-21(24)12-29-15-6-7-18-16(10-15)17(11-30-18)22(25)14-8-19(26-3)23(28-5)20(9-14)27-4/h6-11,13H,12H2,1-5H3. The molecule has 0 aliphatic heterocycles. The minimum Gasteiger partial charge on any atom is -0.493 e. The fourth-order valence-electron chi connectivity index (χ4n) is 3.08. The van der Waals surface area contributed by atoms with Crippen molar-refractivity contribution in [1.29, 1.82) is 0 Å². The summed E-state index contributed by atoms with van der Waals surface area (Å²) >= 11 is 0. The summed E-state index contributed by atoms with van der Waals surface area (Å²) in [4.78, 5) is 24.9. The molecule has 0 radical (unpaired) electrons. The second-order valence-electron chi connectivity index (χ2n) is 6.88. The molecule has 0 aliphatic rings. The molecule has 164 valence electrons. The van der Waals surface area contributed by atoms with Crippen LogP contribution in [0.2, 0.25) is 0 Å². The predicted molar refractivity (Wildman–Crippen MR) is 112 cm³/mol. The van der Waals surface area contributed by atoms with E-state index >= 15 is 0 Å². The first-order valence-electron chi connectivity index (χ1n) is 9.56. The third-order valence-corrected chi connectivity index (χ3v) is 4.44. The lowest BCUT2D eigenvalue weighted by Gasteiger charge is -2.13. The number of hydrogen-bond donors (Lipinski definition) is 0. The summed E-state index contributed by atoms with van der Waals surface area (Å²) in [5.74, 6) is 0.762. The first-order valence-corrected chi connectivity index (χ1v) is 9.56. The van der Waals surface area contributed by atoms with Gasteiger partial charge in [0.1, 0.15) is 17.6 Å². The lowest BCUT2D eigenvalue weighted by Crippen LogP contribution is -2.18. The molecule has 0 amide bonds. The molecule has 0 N–H and O–H groups in total. The Morgan fingerprint density at radius 2 is 1.65 bits per heavy atom. The van der Waals surface area contributed by atoms with Crippen LogP contribution in [0.4, 0.5) is 0 Å². The largest absolute Gasteiger partial charge is 0.493 e. The molecule has 0 fully saturated rings. The van der Waals surface area contributed by atoms with E-state index in [1.807, 2.05) is 0 Å². The van der Waals surface area contributed by atoms with Crippen molar-refractivity contribution in [3.63, 3.8) is 0 Å². The molecule has 8 nitrogen and oxygen atoms in total. The minimum atomic E-state index is -0.476. The third kappa shape index (κ3) is 4.74. The fraction of sp³-hybridized carbons (Fsp3) is 0.304. The summed E-state index contributed by atoms with van der Waals surface area (Å²) in [5, 5.41) is 0.550. The van der Waals surface area contributed by atoms with Crippen molar-refractivity contribution in [2.24, 2.45) is 0 Å². The highest BCUT2D eigenvalue weighted by Crippen LogP contribution is 2.39. The normalized spacial score (nSPS) is 10.8. The zero-order valence-electron chi connectivity index (χ0n) is 18.0. The number of rotatable bonds is 9. The van der Waals surface area contributed by atoms with Gasteiger partial charge in [0.2, 0.25) is 5.75 Å². The van der Waals surface area contributed by atoms with Crippen LogP contribution >= 0.6 is 0 Å². The van der Waals surface area contributed by atoms with Gasteiger partial charge in [-0.2, -0.15) is 0 Å². The van der Waals surface area contributed by atoms with Gasteiger partial charge in [-0.05, 0) is 44.2 Å². The second kappa shape index (κ2) is 9.42. The molecule has 0 bridgehead atoms. The monoisotopic (exact) mass is 428 g/mol. The number of hydrogen-bond acceptors (Lipinski definition) is 8. The van der Waals surface area contributed by atoms with E-state index in [-0.39, 0.29) is 18.5 Å². The molecule has 0 saturated heterocycles. The van der Waals surface area contributed by atoms with Crippen molar-refractivity contribution >= 4 is 22.7 Å². The maximum absolute atomic E-state index is 13.2. The van der Waals surface area contributed by atoms with E-state index in [1.54, 1.807) is 44.2 Å². The molecule has 0 aliphatic carbocycles. The van der Waals surface area contributed by atoms with Crippen LogP contribution in [0.1, 0.15) is 29.8 Å². The summed E-state index contributed by atoms with van der Waals surface area (Å²) in [5.41, 5.74) is 1.18. The average Bonchev–Trinajstić information content (AvgIpc) is 3.18. The highest BCUT2D eigenvalue weighted by atomic mass is 16.6. The maximum atomic E-state index is 13.2. The molecular formula is C23H24O8. The number of benzene rings is 2. The van der Waals surface area contributed by atoms with Gasteiger partial charge < -0.3 is 28.1 Å². The summed E-state index contributed by atoms with van der Waals surface area (Å²) in [6.07, 6.45) is 1.16. The lowest BCUT2D eigenvalue weighted by molar-refractivity contribution is -0.149. The zero-order valence-corrected chi connectivity index (χ0v) is 18.0. The fourth-order valence-corrected chi connectivity index (χ4v) is 3.08. The van der Waals surface area contributed by atoms with Gasteiger partial charge >= 0.3 is 5.97 Å². The highest BCUT2D eigenvalue weighted by Gasteiger charge is 2.21. The van der Waals surface area contributed by atoms with Crippen LogP contribution in [0.15, 0.2) is 41.0 Å². The van der Waals surface area contributed by atoms with Crippen LogP contribution in [0.3, 0.4) is 0 Å². The van der Waals surface area contributed by atoms with Gasteiger partial charge in [0.25, 0.3) is 0 Å². The van der Waals surface area contributed by atoms with Crippen molar-refractivity contribution in [2.75, 3.05) is 27.9 Å². The first-order chi connectivity index (χ1) is 14.9. The SMILES string of the molecule is COc1cc(C(=O)c2coc3ccc(OCC(=O)OC(C)C)cc23)cc(OC)c1OC. The average molecular weight is 428 g/mol. The van der Waals surface area contributed by atoms with Crippen LogP contribution in [-0.2, 0) is 9.53 Å². The van der Waals surface area contributed by atoms with E-state index in [2.05, 4.69) is 0 Å². The number of ether oxygens (including phenoxy) is 5. The number of ketones is 1. The Balaban J connectivity index is 1.92. The van der Waals surface area contributed by atoms with E-state index in [1.165, 1.54) is 27.6 Å². The van der Waals surface area contributed by atoms with E-state index in [0.717, 1.165) is 0 Å². The Bertz CT molecular complexity index is 1070. The van der Waals surface area contributed by atoms with Gasteiger partial charge in [-0.3, -0.25) is 4.79 Å². The molecule has 1 aromatic heterocycles. The molecule has 8 heteroatoms. The minimum absolute atomic E-state index is 0.227. The van der Waals surface area contributed by atoms with Crippen LogP contribution in [0, 0.1) is 0 Å². The van der Waals surface area contributed by atoms with Crippen molar-refractivity contribution in [3.8, 4) is 23.0 Å². The predicted octanol–water partition coefficient (Wildman–Crippen LogP) is 4.02. The Kier molecular flexibility index (Phi) is 6.69. The summed E-state index contributed by atoms with van der Waals surface area (Å²) < 4.78 is 32.1. The van der Waals surface area contributed by atoms with Gasteiger partial charge in [-0.25, -0.2) is 4.79 Å². The highest BCUT2D eigenvalue weighted by molar-refractivity contribution is 6.16. The number of carbonyl (C=O) groups is 2. The summed E-state index contributed by atoms with van der Waals surface area (Å²) in [6.45, 7) is 3.28. The maximum Gasteiger partial charge on any atom is 0.344 e. The van der Waals surface area contributed by atoms with Gasteiger partial charge in [0, 0.05) is 10.9 Å². The number of esters is 1. The number of methoxy groups -OCH3 is 3. The Morgan fingerprint density at radius 1 is 0.968 bits per heavy atom. The number of fused-ring (bicyclic) bond motifs is 1. The molecule has 3 aromatic rings. The molecule has 2 aromatic carbocycles. The van der Waals surface area contributed by atoms with Crippen LogP contribution in [0.5, 0.6) is 23.0 Å². The number of carbonyl (C=O) groups excluding carboxylic acids is 2. The molecule has 0 spiro atoms. The Morgan fingerprint density at radius 3 is 2.23 bits per heavy atom. The van der Waals surface area contributed by atoms with Gasteiger partial charge in [-0.15, -0.1) is 0 Å². The lowest BCUT2D eigenvalue weighted by atomic mass is 10.0. The van der Waals surface area contributed by atoms with E-state index in [9.17, 15) is 9.59 Å². The molecule has 0 atom stereocenters. The van der Waals surface area contributed by atoms with E-state index < -0.39 is 5.97 Å². The smallest absolute Gasteiger partial charge is 0.344 e. The Hall–Kier alpha value is -3.68. The molecule has 31 heavy (non-hydrogen) atoms. The molecule has 1 heterocycles. The number of furan rings is 1. The van der Waals surface area contributed by atoms with Crippen LogP contribution < -0.4 is 18.9 Å². The second-order valence-corrected chi connectivity index (χ2v) is 6.88. The van der Waals surface area contributed by atoms with Gasteiger partial charge in [-0.1, -0.05) is 0 Å².